The third-order valence-corrected chi connectivity index (χ3v) is 5.43. The largest absolute Gasteiger partial charge is 0.504 e. The zero-order chi connectivity index (χ0) is 34.8. The Balaban J connectivity index is 0.000000362. The van der Waals surface area contributed by atoms with Gasteiger partial charge in [-0.3, -0.25) is 4.79 Å². The van der Waals surface area contributed by atoms with Crippen molar-refractivity contribution in [3.63, 3.8) is 0 Å². The maximum Gasteiger partial charge on any atom is 0.328 e. The molecule has 234 valence electrons. The predicted molar refractivity (Wildman–Crippen MR) is 174 cm³/mol. The quantitative estimate of drug-likeness (QED) is 0.0595. The van der Waals surface area contributed by atoms with E-state index in [1.54, 1.807) is 12.1 Å². The molecule has 0 bridgehead atoms. The summed E-state index contributed by atoms with van der Waals surface area (Å²) in [6.07, 6.45) is 10.5. The molecular formula is C34H34N2O9. The Labute approximate surface area is 261 Å². The van der Waals surface area contributed by atoms with Crippen molar-refractivity contribution in [1.82, 2.24) is 0 Å². The van der Waals surface area contributed by atoms with Crippen LogP contribution in [0.25, 0.3) is 12.2 Å². The average molecular weight is 616 g/mol. The number of nitrogen functional groups attached to an aromatic ring is 1. The Morgan fingerprint density at radius 1 is 0.711 bits per heavy atom. The second kappa shape index (κ2) is 18.1. The number of hydrogen-bond acceptors (Lipinski definition) is 9. The van der Waals surface area contributed by atoms with E-state index in [0.29, 0.717) is 11.3 Å². The summed E-state index contributed by atoms with van der Waals surface area (Å²) in [6.45, 7) is 3.99. The number of carboxylic acid groups (broad SMARTS) is 1. The van der Waals surface area contributed by atoms with Gasteiger partial charge in [-0.1, -0.05) is 35.4 Å². The maximum absolute atomic E-state index is 11.7. The number of aromatic hydroxyl groups is 6. The lowest BCUT2D eigenvalue weighted by molar-refractivity contribution is -0.131. The van der Waals surface area contributed by atoms with E-state index in [4.69, 9.17) is 27.5 Å². The molecular weight excluding hydrogens is 580 g/mol. The molecule has 4 aromatic rings. The van der Waals surface area contributed by atoms with E-state index in [0.717, 1.165) is 29.5 Å². The highest BCUT2D eigenvalue weighted by atomic mass is 16.4. The summed E-state index contributed by atoms with van der Waals surface area (Å²) in [5.74, 6) is -4.61. The fraction of sp³-hybridized carbons (Fsp3) is 0.0588. The fourth-order valence-electron chi connectivity index (χ4n) is 3.17. The number of nitrogens with two attached hydrogens (primary N) is 1. The second-order valence-corrected chi connectivity index (χ2v) is 9.09. The number of phenolic OH excluding ortho intramolecular Hbond substituents is 6. The first-order chi connectivity index (χ1) is 21.7. The number of amides is 1. The Bertz CT molecular complexity index is 1640. The van der Waals surface area contributed by atoms with Crippen LogP contribution in [0.5, 0.6) is 34.5 Å². The summed E-state index contributed by atoms with van der Waals surface area (Å²) in [5.41, 5.74) is 9.94. The lowest BCUT2D eigenvalue weighted by Gasteiger charge is -2.03. The van der Waals surface area contributed by atoms with Crippen LogP contribution in [0.1, 0.15) is 23.6 Å². The van der Waals surface area contributed by atoms with Gasteiger partial charge in [0.05, 0.1) is 0 Å². The highest BCUT2D eigenvalue weighted by molar-refractivity contribution is 6.02. The van der Waals surface area contributed by atoms with Crippen molar-refractivity contribution in [1.29, 1.82) is 0 Å². The van der Waals surface area contributed by atoms with Crippen molar-refractivity contribution in [3.05, 3.63) is 107 Å². The molecule has 0 heterocycles. The lowest BCUT2D eigenvalue weighted by atomic mass is 10.1. The van der Waals surface area contributed by atoms with Gasteiger partial charge in [-0.15, -0.1) is 12.8 Å². The highest BCUT2D eigenvalue weighted by Crippen LogP contribution is 2.36. The topological polar surface area (TPSA) is 214 Å². The van der Waals surface area contributed by atoms with E-state index < -0.39 is 40.5 Å². The van der Waals surface area contributed by atoms with Crippen molar-refractivity contribution in [2.45, 2.75) is 13.8 Å². The summed E-state index contributed by atoms with van der Waals surface area (Å²) in [5, 5.41) is 66.0. The number of anilines is 2. The lowest BCUT2D eigenvalue weighted by Crippen LogP contribution is -2.07. The summed E-state index contributed by atoms with van der Waals surface area (Å²) in [7, 11) is 0. The number of rotatable bonds is 5. The van der Waals surface area contributed by atoms with Gasteiger partial charge >= 0.3 is 5.97 Å². The van der Waals surface area contributed by atoms with Gasteiger partial charge < -0.3 is 46.8 Å². The number of aliphatic carboxylic acids is 1. The van der Waals surface area contributed by atoms with Crippen LogP contribution >= 0.6 is 0 Å². The van der Waals surface area contributed by atoms with Crippen LogP contribution in [0.15, 0.2) is 84.9 Å². The molecule has 45 heavy (non-hydrogen) atoms. The average Bonchev–Trinajstić information content (AvgIpc) is 3.00. The highest BCUT2D eigenvalue weighted by Gasteiger charge is 2.07. The van der Waals surface area contributed by atoms with E-state index in [1.165, 1.54) is 42.3 Å². The van der Waals surface area contributed by atoms with Crippen molar-refractivity contribution in [2.24, 2.45) is 0 Å². The second-order valence-electron chi connectivity index (χ2n) is 9.09. The molecule has 0 radical (unpaired) electrons. The summed E-state index contributed by atoms with van der Waals surface area (Å²) >= 11 is 0. The Hall–Kier alpha value is -6.54. The van der Waals surface area contributed by atoms with E-state index in [-0.39, 0.29) is 11.5 Å². The molecule has 0 unspecified atom stereocenters. The Morgan fingerprint density at radius 3 is 1.42 bits per heavy atom. The Morgan fingerprint density at radius 2 is 1.07 bits per heavy atom. The number of carboxylic acids is 1. The number of nitrogens with one attached hydrogen (secondary N) is 1. The van der Waals surface area contributed by atoms with Gasteiger partial charge in [0, 0.05) is 23.5 Å². The van der Waals surface area contributed by atoms with Gasteiger partial charge in [-0.05, 0) is 85.7 Å². The number of benzene rings is 4. The van der Waals surface area contributed by atoms with E-state index in [1.807, 2.05) is 50.2 Å². The minimum absolute atomic E-state index is 0.278. The molecule has 0 aliphatic rings. The summed E-state index contributed by atoms with van der Waals surface area (Å²) in [4.78, 5) is 21.9. The van der Waals surface area contributed by atoms with Crippen molar-refractivity contribution >= 4 is 35.4 Å². The maximum atomic E-state index is 11.7. The molecule has 11 heteroatoms. The number of aryl methyl sites for hydroxylation is 2. The minimum atomic E-state index is -1.14. The van der Waals surface area contributed by atoms with Crippen LogP contribution in [0.2, 0.25) is 0 Å². The number of carbonyl (C=O) groups excluding carboxylic acids is 1. The number of phenols is 6. The van der Waals surface area contributed by atoms with E-state index >= 15 is 0 Å². The molecule has 4 rings (SSSR count). The van der Waals surface area contributed by atoms with Crippen molar-refractivity contribution in [2.75, 3.05) is 11.1 Å². The molecule has 0 saturated heterocycles. The zero-order valence-corrected chi connectivity index (χ0v) is 24.3. The standard InChI is InChI=1S/C16H15NO4.C9H8O5.C7H9N.C2H2/c1-10-2-5-12(6-3-10)17-15(20)7-4-11-8-13(18)16(21)14(19)9-11;10-6-3-5(1-2-8(12)13)4-7(11)9(6)14;1-6-2-4-7(8)5-3-6;1-2/h2-9,18-19,21H,1H3,(H,17,20);1-4,10-11,14H,(H,12,13);2-5H,8H2,1H3;1-2H/b7-4+;2-1+;;/i;;;1D. The number of hydrogen-bond donors (Lipinski definition) is 9. The van der Waals surface area contributed by atoms with Crippen molar-refractivity contribution < 1.29 is 46.7 Å². The van der Waals surface area contributed by atoms with Crippen LogP contribution in [0, 0.1) is 26.7 Å². The predicted octanol–water partition coefficient (Wildman–Crippen LogP) is 5.49. The number of carbonyl (C=O) groups is 2. The van der Waals surface area contributed by atoms with Gasteiger partial charge in [-0.25, -0.2) is 4.79 Å². The Kier molecular flexibility index (Phi) is 13.9. The zero-order valence-electron chi connectivity index (χ0n) is 25.3. The molecule has 0 spiro atoms. The van der Waals surface area contributed by atoms with Crippen LogP contribution in [-0.4, -0.2) is 47.6 Å². The molecule has 4 aromatic carbocycles. The molecule has 0 aliphatic heterocycles. The van der Waals surface area contributed by atoms with E-state index in [9.17, 15) is 24.9 Å². The van der Waals surface area contributed by atoms with Gasteiger partial charge in [0.15, 0.2) is 34.5 Å². The first-order valence-electron chi connectivity index (χ1n) is 13.3. The fourth-order valence-corrected chi connectivity index (χ4v) is 3.17. The SMILES string of the molecule is Cc1ccc(N)cc1.Cc1ccc(NC(=O)/C=C/c2cc(O)c(O)c(O)c2)cc1.O=C(O)/C=C/c1cc(O)c(O)c(O)c1.[2H]C#C. The van der Waals surface area contributed by atoms with Gasteiger partial charge in [0.1, 0.15) is 1.37 Å². The van der Waals surface area contributed by atoms with Crippen LogP contribution < -0.4 is 11.1 Å². The normalized spacial score (nSPS) is 10.1. The van der Waals surface area contributed by atoms with Gasteiger partial charge in [-0.2, -0.15) is 0 Å². The van der Waals surface area contributed by atoms with Gasteiger partial charge in [0.25, 0.3) is 0 Å². The smallest absolute Gasteiger partial charge is 0.328 e. The van der Waals surface area contributed by atoms with Crippen LogP contribution in [0.3, 0.4) is 0 Å². The molecule has 0 saturated carbocycles. The van der Waals surface area contributed by atoms with E-state index in [2.05, 4.69) is 11.7 Å². The first-order valence-corrected chi connectivity index (χ1v) is 12.8. The molecule has 0 aromatic heterocycles. The minimum Gasteiger partial charge on any atom is -0.504 e. The molecule has 10 N–H and O–H groups in total. The molecule has 1 amide bonds. The van der Waals surface area contributed by atoms with Crippen molar-refractivity contribution in [3.8, 4) is 47.3 Å². The summed E-state index contributed by atoms with van der Waals surface area (Å²) < 4.78 is 5.74. The molecule has 0 fully saturated rings. The van der Waals surface area contributed by atoms with Crippen LogP contribution in [0.4, 0.5) is 11.4 Å². The van der Waals surface area contributed by atoms with Gasteiger partial charge in [0.2, 0.25) is 5.91 Å². The molecule has 0 aliphatic carbocycles. The third kappa shape index (κ3) is 13.3. The molecule has 0 atom stereocenters. The third-order valence-electron chi connectivity index (χ3n) is 5.43. The summed E-state index contributed by atoms with van der Waals surface area (Å²) in [6, 6.07) is 19.9. The monoisotopic (exact) mass is 615 g/mol. The first kappa shape index (κ1) is 34.7. The number of terminal acetylenes is 1. The molecule has 11 nitrogen and oxygen atoms in total. The van der Waals surface area contributed by atoms with Crippen LogP contribution in [-0.2, 0) is 9.59 Å².